The predicted octanol–water partition coefficient (Wildman–Crippen LogP) is 4.75. The van der Waals surface area contributed by atoms with Crippen LogP contribution in [0.5, 0.6) is 0 Å². The Hall–Kier alpha value is -2.34. The highest BCUT2D eigenvalue weighted by Crippen LogP contribution is 2.34. The number of nitrogen functional groups attached to an aromatic ring is 1. The molecule has 96 valence electrons. The second-order valence-corrected chi connectivity index (χ2v) is 4.77. The number of nitrogens with zero attached hydrogens (tertiary/aromatic N) is 1. The maximum Gasteiger partial charge on any atom is 0.187 e. The van der Waals surface area contributed by atoms with Gasteiger partial charge in [-0.15, -0.1) is 0 Å². The molecule has 0 fully saturated rings. The fourth-order valence-corrected chi connectivity index (χ4v) is 2.07. The number of hydrogen-bond acceptors (Lipinski definition) is 1. The first-order valence-corrected chi connectivity index (χ1v) is 6.09. The van der Waals surface area contributed by atoms with Crippen LogP contribution in [-0.2, 0) is 0 Å². The van der Waals surface area contributed by atoms with Crippen molar-refractivity contribution in [3.8, 4) is 11.1 Å². The highest BCUT2D eigenvalue weighted by atomic mass is 19.1. The number of rotatable bonds is 2. The van der Waals surface area contributed by atoms with Crippen molar-refractivity contribution in [2.75, 3.05) is 5.73 Å². The molecule has 0 saturated carbocycles. The van der Waals surface area contributed by atoms with E-state index in [4.69, 9.17) is 12.3 Å². The quantitative estimate of drug-likeness (QED) is 0.608. The third kappa shape index (κ3) is 2.58. The van der Waals surface area contributed by atoms with Gasteiger partial charge in [0.15, 0.2) is 5.69 Å². The van der Waals surface area contributed by atoms with Crippen molar-refractivity contribution >= 4 is 11.4 Å². The number of anilines is 1. The Morgan fingerprint density at radius 3 is 2.32 bits per heavy atom. The molecule has 0 bridgehead atoms. The Kier molecular flexibility index (Phi) is 3.52. The average Bonchev–Trinajstić information content (AvgIpc) is 2.41. The molecule has 0 aliphatic carbocycles. The minimum atomic E-state index is -0.290. The van der Waals surface area contributed by atoms with Crippen LogP contribution in [0.25, 0.3) is 16.0 Å². The predicted molar refractivity (Wildman–Crippen MR) is 76.6 cm³/mol. The summed E-state index contributed by atoms with van der Waals surface area (Å²) in [6.07, 6.45) is 0. The molecule has 0 radical (unpaired) electrons. The number of nitrogens with two attached hydrogens (primary N) is 1. The van der Waals surface area contributed by atoms with Crippen molar-refractivity contribution in [2.45, 2.75) is 19.8 Å². The van der Waals surface area contributed by atoms with E-state index in [1.54, 1.807) is 24.3 Å². The average molecular weight is 254 g/mol. The van der Waals surface area contributed by atoms with E-state index in [0.717, 1.165) is 11.1 Å². The monoisotopic (exact) mass is 254 g/mol. The molecule has 0 aromatic heterocycles. The van der Waals surface area contributed by atoms with E-state index < -0.39 is 0 Å². The molecule has 3 heteroatoms. The van der Waals surface area contributed by atoms with Gasteiger partial charge in [-0.2, -0.15) is 0 Å². The van der Waals surface area contributed by atoms with Gasteiger partial charge in [0, 0.05) is 11.3 Å². The van der Waals surface area contributed by atoms with E-state index >= 15 is 0 Å². The van der Waals surface area contributed by atoms with Gasteiger partial charge in [-0.3, -0.25) is 0 Å². The lowest BCUT2D eigenvalue weighted by Crippen LogP contribution is -2.00. The van der Waals surface area contributed by atoms with E-state index in [0.29, 0.717) is 16.9 Å². The molecule has 2 N–H and O–H groups in total. The molecule has 19 heavy (non-hydrogen) atoms. The molecule has 0 atom stereocenters. The van der Waals surface area contributed by atoms with Crippen LogP contribution >= 0.6 is 0 Å². The summed E-state index contributed by atoms with van der Waals surface area (Å²) in [6.45, 7) is 10.9. The minimum absolute atomic E-state index is 0.164. The largest absolute Gasteiger partial charge is 0.398 e. The summed E-state index contributed by atoms with van der Waals surface area (Å²) < 4.78 is 13.7. The number of benzene rings is 2. The maximum absolute atomic E-state index is 13.7. The molecular formula is C16H15FN2. The van der Waals surface area contributed by atoms with Gasteiger partial charge in [0.1, 0.15) is 5.82 Å². The van der Waals surface area contributed by atoms with Crippen molar-refractivity contribution in [1.29, 1.82) is 0 Å². The Labute approximate surface area is 112 Å². The lowest BCUT2D eigenvalue weighted by Gasteiger charge is -2.14. The molecule has 2 aromatic carbocycles. The van der Waals surface area contributed by atoms with Crippen molar-refractivity contribution in [2.24, 2.45) is 0 Å². The summed E-state index contributed by atoms with van der Waals surface area (Å²) >= 11 is 0. The summed E-state index contributed by atoms with van der Waals surface area (Å²) in [5, 5.41) is 0. The number of halogens is 1. The van der Waals surface area contributed by atoms with Crippen LogP contribution in [0.3, 0.4) is 0 Å². The highest BCUT2D eigenvalue weighted by molar-refractivity contribution is 5.79. The van der Waals surface area contributed by atoms with Gasteiger partial charge in [0.2, 0.25) is 0 Å². The second kappa shape index (κ2) is 5.11. The van der Waals surface area contributed by atoms with Crippen LogP contribution in [0, 0.1) is 12.4 Å². The van der Waals surface area contributed by atoms with Crippen LogP contribution in [-0.4, -0.2) is 0 Å². The molecule has 0 unspecified atom stereocenters. The van der Waals surface area contributed by atoms with Gasteiger partial charge in [-0.1, -0.05) is 38.1 Å². The van der Waals surface area contributed by atoms with Crippen LogP contribution in [0.15, 0.2) is 36.4 Å². The van der Waals surface area contributed by atoms with E-state index in [1.165, 1.54) is 12.1 Å². The first kappa shape index (κ1) is 13.1. The normalized spacial score (nSPS) is 10.5. The van der Waals surface area contributed by atoms with Crippen molar-refractivity contribution in [1.82, 2.24) is 0 Å². The van der Waals surface area contributed by atoms with E-state index in [9.17, 15) is 4.39 Å². The zero-order valence-corrected chi connectivity index (χ0v) is 10.9. The van der Waals surface area contributed by atoms with Gasteiger partial charge in [-0.05, 0) is 29.2 Å². The summed E-state index contributed by atoms with van der Waals surface area (Å²) in [6, 6.07) is 9.93. The molecule has 0 aliphatic heterocycles. The van der Waals surface area contributed by atoms with E-state index in [2.05, 4.69) is 4.85 Å². The highest BCUT2D eigenvalue weighted by Gasteiger charge is 2.12. The van der Waals surface area contributed by atoms with Crippen molar-refractivity contribution in [3.63, 3.8) is 0 Å². The molecule has 0 spiro atoms. The molecule has 0 heterocycles. The van der Waals surface area contributed by atoms with Gasteiger partial charge in [0.05, 0.1) is 6.57 Å². The Bertz CT molecular complexity index is 637. The van der Waals surface area contributed by atoms with Gasteiger partial charge < -0.3 is 5.73 Å². The fourth-order valence-electron chi connectivity index (χ4n) is 2.07. The molecule has 2 nitrogen and oxygen atoms in total. The third-order valence-electron chi connectivity index (χ3n) is 3.11. The van der Waals surface area contributed by atoms with Gasteiger partial charge in [-0.25, -0.2) is 9.24 Å². The minimum Gasteiger partial charge on any atom is -0.398 e. The Morgan fingerprint density at radius 2 is 1.79 bits per heavy atom. The lowest BCUT2D eigenvalue weighted by atomic mass is 9.94. The topological polar surface area (TPSA) is 30.4 Å². The van der Waals surface area contributed by atoms with Crippen LogP contribution < -0.4 is 5.73 Å². The fraction of sp³-hybridized carbons (Fsp3) is 0.188. The third-order valence-corrected chi connectivity index (χ3v) is 3.11. The van der Waals surface area contributed by atoms with E-state index in [1.807, 2.05) is 13.8 Å². The molecule has 0 aliphatic rings. The van der Waals surface area contributed by atoms with Crippen LogP contribution in [0.4, 0.5) is 15.8 Å². The van der Waals surface area contributed by atoms with Gasteiger partial charge >= 0.3 is 0 Å². The summed E-state index contributed by atoms with van der Waals surface area (Å²) in [5.41, 5.74) is 9.61. The smallest absolute Gasteiger partial charge is 0.187 e. The molecule has 2 aromatic rings. The maximum atomic E-state index is 13.7. The van der Waals surface area contributed by atoms with Crippen LogP contribution in [0.2, 0.25) is 0 Å². The Morgan fingerprint density at radius 1 is 1.16 bits per heavy atom. The summed E-state index contributed by atoms with van der Waals surface area (Å²) in [4.78, 5) is 3.34. The second-order valence-electron chi connectivity index (χ2n) is 4.77. The first-order valence-electron chi connectivity index (χ1n) is 6.09. The zero-order valence-electron chi connectivity index (χ0n) is 10.9. The van der Waals surface area contributed by atoms with Crippen molar-refractivity contribution < 1.29 is 4.39 Å². The van der Waals surface area contributed by atoms with Gasteiger partial charge in [0.25, 0.3) is 0 Å². The van der Waals surface area contributed by atoms with Crippen molar-refractivity contribution in [3.05, 3.63) is 59.2 Å². The zero-order chi connectivity index (χ0) is 14.0. The first-order chi connectivity index (χ1) is 9.02. The Balaban J connectivity index is 2.58. The molecule has 0 amide bonds. The molecular weight excluding hydrogens is 239 g/mol. The molecule has 2 rings (SSSR count). The SMILES string of the molecule is [C-]#[N+]c1ccc(-c2cc(F)cc(C(C)C)c2N)cc1. The summed E-state index contributed by atoms with van der Waals surface area (Å²) in [5.74, 6) is -0.126. The molecule has 0 saturated heterocycles. The lowest BCUT2D eigenvalue weighted by molar-refractivity contribution is 0.624. The summed E-state index contributed by atoms with van der Waals surface area (Å²) in [7, 11) is 0. The standard InChI is InChI=1S/C16H15FN2/c1-10(2)14-8-12(17)9-15(16(14)18)11-4-6-13(19-3)7-5-11/h4-10H,18H2,1-2H3. The number of hydrogen-bond donors (Lipinski definition) is 1. The van der Waals surface area contributed by atoms with E-state index in [-0.39, 0.29) is 11.7 Å². The van der Waals surface area contributed by atoms with Crippen LogP contribution in [0.1, 0.15) is 25.3 Å².